The minimum Gasteiger partial charge on any atom is -0.477 e. The summed E-state index contributed by atoms with van der Waals surface area (Å²) in [5.41, 5.74) is 4.33. The summed E-state index contributed by atoms with van der Waals surface area (Å²) in [5, 5.41) is 8.95. The number of aromatic nitrogens is 1. The summed E-state index contributed by atoms with van der Waals surface area (Å²) in [5.74, 6) is -3.38. The van der Waals surface area contributed by atoms with Crippen LogP contribution in [-0.4, -0.2) is 15.5 Å². The summed E-state index contributed by atoms with van der Waals surface area (Å²) < 4.78 is 31.5. The average Bonchev–Trinajstić information content (AvgIpc) is 2.57. The molecule has 4 aromatic rings. The number of pyridine rings is 1. The Hall–Kier alpha value is -3.26. The summed E-state index contributed by atoms with van der Waals surface area (Å²) >= 11 is 0.965. The second-order valence-corrected chi connectivity index (χ2v) is 6.77. The Morgan fingerprint density at radius 3 is 2.46 bits per heavy atom. The Balaban J connectivity index is 2.21. The fraction of sp³-hybridized carbons (Fsp3) is 0. The number of carbonyl (C=O) groups is 1. The van der Waals surface area contributed by atoms with Gasteiger partial charge < -0.3 is 10.8 Å². The lowest BCUT2D eigenvalue weighted by molar-refractivity contribution is 0.0697. The zero-order valence-corrected chi connectivity index (χ0v) is 13.9. The third kappa shape index (κ3) is 2.05. The van der Waals surface area contributed by atoms with E-state index in [0.717, 1.165) is 17.4 Å². The highest BCUT2D eigenvalue weighted by molar-refractivity contribution is 7.17. The number of carboxylic acid groups (broad SMARTS) is 1. The fourth-order valence-electron chi connectivity index (χ4n) is 3.00. The molecule has 0 amide bonds. The van der Waals surface area contributed by atoms with E-state index < -0.39 is 28.6 Å². The van der Waals surface area contributed by atoms with Gasteiger partial charge in [0, 0.05) is 5.69 Å². The minimum absolute atomic E-state index is 0.0776. The topological polar surface area (TPSA) is 84.8 Å². The van der Waals surface area contributed by atoms with Gasteiger partial charge in [0.2, 0.25) is 5.43 Å². The van der Waals surface area contributed by atoms with Gasteiger partial charge in [0.15, 0.2) is 5.82 Å². The van der Waals surface area contributed by atoms with Gasteiger partial charge in [-0.2, -0.15) is 0 Å². The molecule has 0 radical (unpaired) electrons. The van der Waals surface area contributed by atoms with Crippen LogP contribution in [0.1, 0.15) is 10.4 Å². The van der Waals surface area contributed by atoms with Crippen LogP contribution in [0.15, 0.2) is 35.1 Å². The monoisotopic (exact) mass is 372 g/mol. The van der Waals surface area contributed by atoms with Crippen molar-refractivity contribution in [3.63, 3.8) is 0 Å². The number of nitrogen functional groups attached to an aromatic ring is 1. The normalized spacial score (nSPS) is 11.5. The lowest BCUT2D eigenvalue weighted by Gasteiger charge is -2.15. The first-order chi connectivity index (χ1) is 12.3. The molecule has 0 fully saturated rings. The average molecular weight is 372 g/mol. The van der Waals surface area contributed by atoms with Crippen LogP contribution in [0.25, 0.3) is 33.4 Å². The van der Waals surface area contributed by atoms with Crippen molar-refractivity contribution in [3.05, 3.63) is 62.4 Å². The Morgan fingerprint density at radius 1 is 1.23 bits per heavy atom. The maximum absolute atomic E-state index is 15.2. The summed E-state index contributed by atoms with van der Waals surface area (Å²) in [4.78, 5) is 24.0. The second kappa shape index (κ2) is 5.37. The number of nitrogens with two attached hydrogens (primary N) is 1. The SMILES string of the molecule is C=c1sc2c(C(=O)O)c(=O)c3cc(F)c(-c4ccc(N)cc4)c(F)c3n12. The molecule has 0 unspecified atom stereocenters. The standard InChI is InChI=1S/C18H10F2N2O3S/c1-7-22-15-10(16(23)13(18(24)25)17(22)26-7)6-11(19)12(14(15)20)8-2-4-9(21)5-3-8/h2-6H,1,21H2,(H,24,25). The Kier molecular flexibility index (Phi) is 3.35. The molecule has 0 aliphatic heterocycles. The molecule has 2 heterocycles. The number of hydrogen-bond acceptors (Lipinski definition) is 4. The van der Waals surface area contributed by atoms with E-state index in [1.807, 2.05) is 0 Å². The van der Waals surface area contributed by atoms with Gasteiger partial charge in [-0.05, 0) is 23.8 Å². The van der Waals surface area contributed by atoms with E-state index in [2.05, 4.69) is 6.58 Å². The number of anilines is 1. The number of fused-ring (bicyclic) bond motifs is 3. The van der Waals surface area contributed by atoms with Crippen molar-refractivity contribution in [2.45, 2.75) is 0 Å². The third-order valence-corrected chi connectivity index (χ3v) is 5.18. The molecule has 0 aliphatic rings. The Bertz CT molecular complexity index is 1320. The van der Waals surface area contributed by atoms with Crippen LogP contribution >= 0.6 is 11.3 Å². The first kappa shape index (κ1) is 16.2. The number of benzene rings is 2. The largest absolute Gasteiger partial charge is 0.477 e. The predicted molar refractivity (Wildman–Crippen MR) is 96.5 cm³/mol. The molecule has 130 valence electrons. The van der Waals surface area contributed by atoms with E-state index >= 15 is 4.39 Å². The smallest absolute Gasteiger partial charge is 0.342 e. The van der Waals surface area contributed by atoms with E-state index in [-0.39, 0.29) is 26.9 Å². The molecule has 0 saturated heterocycles. The number of rotatable bonds is 2. The first-order valence-corrected chi connectivity index (χ1v) is 8.20. The number of nitrogens with zero attached hydrogens (tertiary/aromatic N) is 1. The molecule has 0 spiro atoms. The van der Waals surface area contributed by atoms with Crippen molar-refractivity contribution in [3.8, 4) is 11.1 Å². The van der Waals surface area contributed by atoms with Crippen molar-refractivity contribution in [2.24, 2.45) is 0 Å². The van der Waals surface area contributed by atoms with Crippen LogP contribution < -0.4 is 15.8 Å². The molecule has 5 nitrogen and oxygen atoms in total. The van der Waals surface area contributed by atoms with Gasteiger partial charge in [0.1, 0.15) is 16.2 Å². The van der Waals surface area contributed by atoms with E-state index in [1.165, 1.54) is 28.7 Å². The fourth-order valence-corrected chi connectivity index (χ4v) is 3.94. The Morgan fingerprint density at radius 2 is 1.88 bits per heavy atom. The molecule has 0 bridgehead atoms. The lowest BCUT2D eigenvalue weighted by Crippen LogP contribution is -2.26. The molecule has 26 heavy (non-hydrogen) atoms. The minimum atomic E-state index is -1.45. The number of carboxylic acids is 1. The van der Waals surface area contributed by atoms with Crippen molar-refractivity contribution in [2.75, 3.05) is 5.73 Å². The van der Waals surface area contributed by atoms with Crippen LogP contribution in [-0.2, 0) is 0 Å². The van der Waals surface area contributed by atoms with Crippen LogP contribution in [0.4, 0.5) is 14.5 Å². The van der Waals surface area contributed by atoms with E-state index in [0.29, 0.717) is 10.4 Å². The number of halogens is 2. The van der Waals surface area contributed by atoms with Crippen molar-refractivity contribution >= 4 is 45.3 Å². The number of hydrogen-bond donors (Lipinski definition) is 2. The molecule has 2 aromatic heterocycles. The zero-order valence-electron chi connectivity index (χ0n) is 13.0. The highest BCUT2D eigenvalue weighted by atomic mass is 32.1. The maximum atomic E-state index is 15.2. The molecule has 0 saturated carbocycles. The van der Waals surface area contributed by atoms with Crippen LogP contribution in [0.3, 0.4) is 0 Å². The van der Waals surface area contributed by atoms with Crippen LogP contribution in [0, 0.1) is 11.6 Å². The van der Waals surface area contributed by atoms with Gasteiger partial charge in [-0.15, -0.1) is 0 Å². The maximum Gasteiger partial charge on any atom is 0.342 e. The zero-order chi connectivity index (χ0) is 18.7. The molecule has 0 aliphatic carbocycles. The highest BCUT2D eigenvalue weighted by Crippen LogP contribution is 2.32. The first-order valence-electron chi connectivity index (χ1n) is 7.38. The van der Waals surface area contributed by atoms with Gasteiger partial charge in [-0.3, -0.25) is 9.20 Å². The summed E-state index contributed by atoms with van der Waals surface area (Å²) in [6.45, 7) is 3.71. The van der Waals surface area contributed by atoms with E-state index in [4.69, 9.17) is 5.73 Å². The van der Waals surface area contributed by atoms with Crippen molar-refractivity contribution in [1.82, 2.24) is 4.40 Å². The predicted octanol–water partition coefficient (Wildman–Crippen LogP) is 2.87. The van der Waals surface area contributed by atoms with Crippen molar-refractivity contribution < 1.29 is 18.7 Å². The summed E-state index contributed by atoms with van der Waals surface area (Å²) in [6, 6.07) is 6.80. The summed E-state index contributed by atoms with van der Waals surface area (Å²) in [7, 11) is 0. The highest BCUT2D eigenvalue weighted by Gasteiger charge is 2.26. The van der Waals surface area contributed by atoms with E-state index in [9.17, 15) is 19.1 Å². The Labute approximate surface area is 148 Å². The molecule has 3 N–H and O–H groups in total. The lowest BCUT2D eigenvalue weighted by atomic mass is 10.0. The summed E-state index contributed by atoms with van der Waals surface area (Å²) in [6.07, 6.45) is 0. The third-order valence-electron chi connectivity index (χ3n) is 4.18. The molecule has 0 atom stereocenters. The molecule has 4 rings (SSSR count). The van der Waals surface area contributed by atoms with Gasteiger partial charge in [-0.1, -0.05) is 30.0 Å². The van der Waals surface area contributed by atoms with Crippen molar-refractivity contribution in [1.29, 1.82) is 0 Å². The van der Waals surface area contributed by atoms with Gasteiger partial charge in [0.05, 0.1) is 21.1 Å². The van der Waals surface area contributed by atoms with Gasteiger partial charge in [-0.25, -0.2) is 13.6 Å². The molecular formula is C18H10F2N2O3S. The van der Waals surface area contributed by atoms with E-state index in [1.54, 1.807) is 0 Å². The van der Waals surface area contributed by atoms with Crippen LogP contribution in [0.2, 0.25) is 0 Å². The van der Waals surface area contributed by atoms with Gasteiger partial charge in [0.25, 0.3) is 0 Å². The van der Waals surface area contributed by atoms with Gasteiger partial charge >= 0.3 is 5.97 Å². The molecule has 8 heteroatoms. The second-order valence-electron chi connectivity index (χ2n) is 5.71. The van der Waals surface area contributed by atoms with Crippen LogP contribution in [0.5, 0.6) is 0 Å². The quantitative estimate of drug-likeness (QED) is 0.530. The molecular weight excluding hydrogens is 362 g/mol. The molecule has 2 aromatic carbocycles. The number of aromatic carboxylic acids is 1.